The molecule has 0 atom stereocenters. The lowest BCUT2D eigenvalue weighted by molar-refractivity contribution is 0.0789. The number of carbonyl (C=O) groups is 2. The minimum Gasteiger partial charge on any atom is -0.337 e. The monoisotopic (exact) mass is 362 g/mol. The molecule has 1 N–H and O–H groups in total. The number of aryl methyl sites for hydroxylation is 2. The van der Waals surface area contributed by atoms with Gasteiger partial charge in [-0.3, -0.25) is 14.0 Å². The number of aromatic nitrogens is 2. The number of pyridine rings is 1. The van der Waals surface area contributed by atoms with Gasteiger partial charge >= 0.3 is 0 Å². The predicted molar refractivity (Wildman–Crippen MR) is 104 cm³/mol. The zero-order chi connectivity index (χ0) is 19.0. The molecule has 0 radical (unpaired) electrons. The van der Waals surface area contributed by atoms with Crippen molar-refractivity contribution >= 4 is 23.0 Å². The molecule has 3 aromatic rings. The minimum absolute atomic E-state index is 0.109. The van der Waals surface area contributed by atoms with Gasteiger partial charge in [0.05, 0.1) is 5.52 Å². The third kappa shape index (κ3) is 3.18. The summed E-state index contributed by atoms with van der Waals surface area (Å²) in [6, 6.07) is 11.4. The number of anilines is 1. The van der Waals surface area contributed by atoms with Crippen LogP contribution in [0.25, 0.3) is 5.52 Å². The van der Waals surface area contributed by atoms with E-state index >= 15 is 0 Å². The second-order valence-electron chi connectivity index (χ2n) is 7.01. The highest BCUT2D eigenvalue weighted by atomic mass is 16.2. The highest BCUT2D eigenvalue weighted by Crippen LogP contribution is 2.21. The molecule has 1 saturated heterocycles. The van der Waals surface area contributed by atoms with Gasteiger partial charge in [0.25, 0.3) is 11.8 Å². The summed E-state index contributed by atoms with van der Waals surface area (Å²) >= 11 is 0. The van der Waals surface area contributed by atoms with Gasteiger partial charge in [0, 0.05) is 25.0 Å². The average molecular weight is 362 g/mol. The molecule has 6 heteroatoms. The Labute approximate surface area is 157 Å². The first-order valence-corrected chi connectivity index (χ1v) is 9.19. The molecule has 0 saturated carbocycles. The van der Waals surface area contributed by atoms with Gasteiger partial charge in [0.15, 0.2) is 5.69 Å². The summed E-state index contributed by atoms with van der Waals surface area (Å²) in [6.07, 6.45) is 3.79. The number of hydrogen-bond donors (Lipinski definition) is 1. The van der Waals surface area contributed by atoms with Crippen molar-refractivity contribution in [3.63, 3.8) is 0 Å². The standard InChI is InChI=1S/C21H22N4O2/c1-14-8-9-16(15(2)13-14)22-20(26)19-23-18(17-7-3-4-12-25(17)19)21(27)24-10-5-6-11-24/h3-4,7-9,12-13H,5-6,10-11H2,1-2H3,(H,22,26). The number of likely N-dealkylation sites (tertiary alicyclic amines) is 1. The van der Waals surface area contributed by atoms with Crippen LogP contribution in [0.2, 0.25) is 0 Å². The van der Waals surface area contributed by atoms with Crippen LogP contribution in [-0.2, 0) is 0 Å². The zero-order valence-corrected chi connectivity index (χ0v) is 15.5. The SMILES string of the molecule is Cc1ccc(NC(=O)c2nc(C(=O)N3CCCC3)c3ccccn23)c(C)c1. The van der Waals surface area contributed by atoms with E-state index in [0.29, 0.717) is 11.2 Å². The second kappa shape index (κ2) is 6.87. The molecule has 1 aliphatic heterocycles. The molecular formula is C21H22N4O2. The molecule has 4 rings (SSSR count). The topological polar surface area (TPSA) is 66.7 Å². The van der Waals surface area contributed by atoms with Gasteiger partial charge in [-0.25, -0.2) is 4.98 Å². The molecule has 0 aliphatic carbocycles. The van der Waals surface area contributed by atoms with Gasteiger partial charge in [0.1, 0.15) is 0 Å². The molecule has 138 valence electrons. The lowest BCUT2D eigenvalue weighted by atomic mass is 10.1. The van der Waals surface area contributed by atoms with Crippen LogP contribution in [0.3, 0.4) is 0 Å². The maximum Gasteiger partial charge on any atom is 0.292 e. The van der Waals surface area contributed by atoms with E-state index in [-0.39, 0.29) is 17.6 Å². The molecule has 2 aromatic heterocycles. The summed E-state index contributed by atoms with van der Waals surface area (Å²) in [5, 5.41) is 2.92. The Morgan fingerprint density at radius 1 is 1.07 bits per heavy atom. The Bertz CT molecular complexity index is 1030. The fourth-order valence-electron chi connectivity index (χ4n) is 3.56. The zero-order valence-electron chi connectivity index (χ0n) is 15.5. The van der Waals surface area contributed by atoms with Crippen molar-refractivity contribution < 1.29 is 9.59 Å². The van der Waals surface area contributed by atoms with Crippen LogP contribution in [-0.4, -0.2) is 39.2 Å². The van der Waals surface area contributed by atoms with Gasteiger partial charge in [0.2, 0.25) is 5.82 Å². The molecule has 2 amide bonds. The number of imidazole rings is 1. The number of carbonyl (C=O) groups excluding carboxylic acids is 2. The number of amides is 2. The third-order valence-electron chi connectivity index (χ3n) is 4.98. The first-order valence-electron chi connectivity index (χ1n) is 9.19. The summed E-state index contributed by atoms with van der Waals surface area (Å²) in [7, 11) is 0. The summed E-state index contributed by atoms with van der Waals surface area (Å²) < 4.78 is 1.68. The van der Waals surface area contributed by atoms with Crippen molar-refractivity contribution in [2.24, 2.45) is 0 Å². The van der Waals surface area contributed by atoms with Crippen LogP contribution in [0, 0.1) is 13.8 Å². The highest BCUT2D eigenvalue weighted by molar-refractivity contribution is 6.06. The van der Waals surface area contributed by atoms with Crippen molar-refractivity contribution in [2.45, 2.75) is 26.7 Å². The lowest BCUT2D eigenvalue weighted by Crippen LogP contribution is -2.28. The molecule has 1 fully saturated rings. The fraction of sp³-hybridized carbons (Fsp3) is 0.286. The third-order valence-corrected chi connectivity index (χ3v) is 4.98. The van der Waals surface area contributed by atoms with Crippen LogP contribution in [0.5, 0.6) is 0 Å². The summed E-state index contributed by atoms with van der Waals surface area (Å²) in [6.45, 7) is 5.45. The molecule has 27 heavy (non-hydrogen) atoms. The molecule has 0 unspecified atom stereocenters. The van der Waals surface area contributed by atoms with Crippen molar-refractivity contribution in [3.05, 3.63) is 65.2 Å². The molecular weight excluding hydrogens is 340 g/mol. The van der Waals surface area contributed by atoms with Crippen LogP contribution in [0.4, 0.5) is 5.69 Å². The van der Waals surface area contributed by atoms with Gasteiger partial charge in [-0.05, 0) is 50.5 Å². The number of rotatable bonds is 3. The second-order valence-corrected chi connectivity index (χ2v) is 7.01. The Balaban J connectivity index is 1.71. The van der Waals surface area contributed by atoms with Crippen molar-refractivity contribution in [1.82, 2.24) is 14.3 Å². The van der Waals surface area contributed by atoms with Crippen LogP contribution in [0.15, 0.2) is 42.6 Å². The normalized spacial score (nSPS) is 13.9. The Morgan fingerprint density at radius 2 is 1.85 bits per heavy atom. The summed E-state index contributed by atoms with van der Waals surface area (Å²) in [4.78, 5) is 32.0. The number of nitrogens with zero attached hydrogens (tertiary/aromatic N) is 3. The van der Waals surface area contributed by atoms with Gasteiger partial charge in [-0.1, -0.05) is 23.8 Å². The minimum atomic E-state index is -0.330. The van der Waals surface area contributed by atoms with E-state index in [2.05, 4.69) is 10.3 Å². The number of nitrogens with one attached hydrogen (secondary N) is 1. The lowest BCUT2D eigenvalue weighted by Gasteiger charge is -2.13. The molecule has 0 bridgehead atoms. The van der Waals surface area contributed by atoms with Gasteiger partial charge in [-0.15, -0.1) is 0 Å². The van der Waals surface area contributed by atoms with E-state index in [9.17, 15) is 9.59 Å². The maximum atomic E-state index is 12.9. The fourth-order valence-corrected chi connectivity index (χ4v) is 3.56. The predicted octanol–water partition coefficient (Wildman–Crippen LogP) is 3.44. The molecule has 0 spiro atoms. The van der Waals surface area contributed by atoms with Gasteiger partial charge < -0.3 is 10.2 Å². The highest BCUT2D eigenvalue weighted by Gasteiger charge is 2.26. The van der Waals surface area contributed by atoms with E-state index in [1.165, 1.54) is 0 Å². The largest absolute Gasteiger partial charge is 0.337 e. The number of fused-ring (bicyclic) bond motifs is 1. The Kier molecular flexibility index (Phi) is 4.39. The number of hydrogen-bond acceptors (Lipinski definition) is 3. The van der Waals surface area contributed by atoms with E-state index in [1.54, 1.807) is 15.5 Å². The van der Waals surface area contributed by atoms with Crippen LogP contribution in [0.1, 0.15) is 45.1 Å². The van der Waals surface area contributed by atoms with E-state index in [4.69, 9.17) is 0 Å². The first kappa shape index (κ1) is 17.3. The Hall–Kier alpha value is -3.15. The van der Waals surface area contributed by atoms with E-state index in [0.717, 1.165) is 42.7 Å². The molecule has 6 nitrogen and oxygen atoms in total. The van der Waals surface area contributed by atoms with Crippen molar-refractivity contribution in [3.8, 4) is 0 Å². The number of benzene rings is 1. The van der Waals surface area contributed by atoms with Crippen LogP contribution < -0.4 is 5.32 Å². The van der Waals surface area contributed by atoms with E-state index < -0.39 is 0 Å². The Morgan fingerprint density at radius 3 is 2.59 bits per heavy atom. The van der Waals surface area contributed by atoms with Crippen molar-refractivity contribution in [2.75, 3.05) is 18.4 Å². The van der Waals surface area contributed by atoms with Crippen molar-refractivity contribution in [1.29, 1.82) is 0 Å². The molecule has 1 aliphatic rings. The smallest absolute Gasteiger partial charge is 0.292 e. The van der Waals surface area contributed by atoms with Crippen LogP contribution >= 0.6 is 0 Å². The average Bonchev–Trinajstić information content (AvgIpc) is 3.31. The summed E-state index contributed by atoms with van der Waals surface area (Å²) in [5.74, 6) is -0.224. The molecule has 3 heterocycles. The summed E-state index contributed by atoms with van der Waals surface area (Å²) in [5.41, 5.74) is 3.85. The maximum absolute atomic E-state index is 12.9. The first-order chi connectivity index (χ1) is 13.0. The molecule has 1 aromatic carbocycles. The van der Waals surface area contributed by atoms with E-state index in [1.807, 2.05) is 50.2 Å². The van der Waals surface area contributed by atoms with Gasteiger partial charge in [-0.2, -0.15) is 0 Å². The quantitative estimate of drug-likeness (QED) is 0.776.